The highest BCUT2D eigenvalue weighted by molar-refractivity contribution is 5.88. The summed E-state index contributed by atoms with van der Waals surface area (Å²) in [6.45, 7) is 5.53. The van der Waals surface area contributed by atoms with Crippen LogP contribution < -0.4 is 10.6 Å². The van der Waals surface area contributed by atoms with Crippen LogP contribution in [0.2, 0.25) is 0 Å². The van der Waals surface area contributed by atoms with E-state index in [4.69, 9.17) is 0 Å². The van der Waals surface area contributed by atoms with Gasteiger partial charge in [-0.15, -0.1) is 0 Å². The molecule has 0 bridgehead atoms. The summed E-state index contributed by atoms with van der Waals surface area (Å²) >= 11 is 0. The summed E-state index contributed by atoms with van der Waals surface area (Å²) in [4.78, 5) is 11.8. The van der Waals surface area contributed by atoms with Gasteiger partial charge in [-0.3, -0.25) is 0 Å². The normalized spacial score (nSPS) is 13.7. The molecule has 2 rings (SSSR count). The van der Waals surface area contributed by atoms with Gasteiger partial charge in [0.25, 0.3) is 0 Å². The average Bonchev–Trinajstić information content (AvgIpc) is 2.94. The van der Waals surface area contributed by atoms with E-state index in [2.05, 4.69) is 15.7 Å². The van der Waals surface area contributed by atoms with Gasteiger partial charge in [0.05, 0.1) is 23.7 Å². The predicted molar refractivity (Wildman–Crippen MR) is 86.0 cm³/mol. The third-order valence-electron chi connectivity index (χ3n) is 3.79. The maximum absolute atomic E-state index is 13.7. The SMILES string of the molecule is CC(C)C(C)(O)CNC(=O)Nc1cnn(-c2ccccc2F)c1. The van der Waals surface area contributed by atoms with Gasteiger partial charge in [-0.25, -0.2) is 13.9 Å². The Kier molecular flexibility index (Phi) is 5.00. The number of aliphatic hydroxyl groups is 1. The number of para-hydroxylation sites is 1. The van der Waals surface area contributed by atoms with Crippen molar-refractivity contribution in [3.63, 3.8) is 0 Å². The molecule has 3 N–H and O–H groups in total. The molecule has 2 amide bonds. The minimum absolute atomic E-state index is 0.00612. The van der Waals surface area contributed by atoms with Crippen LogP contribution in [0.5, 0.6) is 0 Å². The Morgan fingerprint density at radius 2 is 2.13 bits per heavy atom. The fourth-order valence-corrected chi connectivity index (χ4v) is 1.80. The number of anilines is 1. The van der Waals surface area contributed by atoms with Crippen LogP contribution in [-0.2, 0) is 0 Å². The van der Waals surface area contributed by atoms with Crippen LogP contribution in [0.4, 0.5) is 14.9 Å². The lowest BCUT2D eigenvalue weighted by atomic mass is 9.93. The van der Waals surface area contributed by atoms with Gasteiger partial charge in [0.1, 0.15) is 11.5 Å². The number of carbonyl (C=O) groups is 1. The highest BCUT2D eigenvalue weighted by Gasteiger charge is 2.25. The maximum atomic E-state index is 13.7. The minimum atomic E-state index is -0.991. The molecule has 0 saturated heterocycles. The molecule has 124 valence electrons. The van der Waals surface area contributed by atoms with Crippen molar-refractivity contribution in [2.24, 2.45) is 5.92 Å². The number of nitrogens with one attached hydrogen (secondary N) is 2. The fourth-order valence-electron chi connectivity index (χ4n) is 1.80. The number of halogens is 1. The quantitative estimate of drug-likeness (QED) is 0.792. The van der Waals surface area contributed by atoms with Gasteiger partial charge < -0.3 is 15.7 Å². The Morgan fingerprint density at radius 3 is 2.78 bits per heavy atom. The van der Waals surface area contributed by atoms with Crippen LogP contribution in [0.3, 0.4) is 0 Å². The molecule has 7 heteroatoms. The molecule has 1 aromatic heterocycles. The summed E-state index contributed by atoms with van der Waals surface area (Å²) in [6.07, 6.45) is 2.94. The fraction of sp³-hybridized carbons (Fsp3) is 0.375. The van der Waals surface area contributed by atoms with E-state index >= 15 is 0 Å². The lowest BCUT2D eigenvalue weighted by Crippen LogP contribution is -2.45. The van der Waals surface area contributed by atoms with Crippen LogP contribution in [0.15, 0.2) is 36.7 Å². The summed E-state index contributed by atoms with van der Waals surface area (Å²) in [5.74, 6) is -0.397. The van der Waals surface area contributed by atoms with E-state index in [1.165, 1.54) is 23.1 Å². The Labute approximate surface area is 134 Å². The highest BCUT2D eigenvalue weighted by Crippen LogP contribution is 2.16. The standard InChI is InChI=1S/C16H21FN4O2/c1-11(2)16(3,23)10-18-15(22)20-12-8-19-21(9-12)14-7-5-4-6-13(14)17/h4-9,11,23H,10H2,1-3H3,(H2,18,20,22). The maximum Gasteiger partial charge on any atom is 0.319 e. The predicted octanol–water partition coefficient (Wildman–Crippen LogP) is 2.54. The number of urea groups is 1. The first-order valence-corrected chi connectivity index (χ1v) is 7.36. The second-order valence-electron chi connectivity index (χ2n) is 5.94. The molecular weight excluding hydrogens is 299 g/mol. The Balaban J connectivity index is 1.97. The molecule has 1 atom stereocenters. The van der Waals surface area contributed by atoms with E-state index in [0.717, 1.165) is 0 Å². The van der Waals surface area contributed by atoms with E-state index in [9.17, 15) is 14.3 Å². The molecule has 0 fully saturated rings. The van der Waals surface area contributed by atoms with Crippen molar-refractivity contribution in [1.29, 1.82) is 0 Å². The molecule has 1 heterocycles. The van der Waals surface area contributed by atoms with E-state index in [1.54, 1.807) is 25.1 Å². The lowest BCUT2D eigenvalue weighted by Gasteiger charge is -2.27. The van der Waals surface area contributed by atoms with Crippen LogP contribution >= 0.6 is 0 Å². The highest BCUT2D eigenvalue weighted by atomic mass is 19.1. The van der Waals surface area contributed by atoms with Gasteiger partial charge in [0, 0.05) is 6.54 Å². The van der Waals surface area contributed by atoms with E-state index in [0.29, 0.717) is 11.4 Å². The zero-order valence-corrected chi connectivity index (χ0v) is 13.4. The van der Waals surface area contributed by atoms with Crippen LogP contribution in [0.1, 0.15) is 20.8 Å². The summed E-state index contributed by atoms with van der Waals surface area (Å²) in [5.41, 5.74) is -0.270. The number of hydrogen-bond acceptors (Lipinski definition) is 3. The van der Waals surface area contributed by atoms with Crippen molar-refractivity contribution < 1.29 is 14.3 Å². The molecule has 0 aliphatic heterocycles. The van der Waals surface area contributed by atoms with Crippen molar-refractivity contribution in [3.05, 3.63) is 42.5 Å². The summed E-state index contributed by atoms with van der Waals surface area (Å²) in [6, 6.07) is 5.76. The van der Waals surface area contributed by atoms with Gasteiger partial charge in [-0.1, -0.05) is 26.0 Å². The second kappa shape index (κ2) is 6.78. The molecular formula is C16H21FN4O2. The van der Waals surface area contributed by atoms with Gasteiger partial charge in [0.2, 0.25) is 0 Å². The number of benzene rings is 1. The average molecular weight is 320 g/mol. The van der Waals surface area contributed by atoms with E-state index in [-0.39, 0.29) is 12.5 Å². The Bertz CT molecular complexity index is 682. The largest absolute Gasteiger partial charge is 0.388 e. The van der Waals surface area contributed by atoms with Gasteiger partial charge in [-0.05, 0) is 25.0 Å². The molecule has 2 aromatic rings. The molecule has 23 heavy (non-hydrogen) atoms. The summed E-state index contributed by atoms with van der Waals surface area (Å²) < 4.78 is 15.0. The van der Waals surface area contributed by atoms with Crippen molar-refractivity contribution in [2.45, 2.75) is 26.4 Å². The van der Waals surface area contributed by atoms with Gasteiger partial charge in [-0.2, -0.15) is 5.10 Å². The third kappa shape index (κ3) is 4.29. The smallest absolute Gasteiger partial charge is 0.319 e. The zero-order chi connectivity index (χ0) is 17.0. The Morgan fingerprint density at radius 1 is 1.43 bits per heavy atom. The molecule has 0 spiro atoms. The van der Waals surface area contributed by atoms with E-state index < -0.39 is 17.4 Å². The van der Waals surface area contributed by atoms with Crippen molar-refractivity contribution in [2.75, 3.05) is 11.9 Å². The minimum Gasteiger partial charge on any atom is -0.388 e. The van der Waals surface area contributed by atoms with Gasteiger partial charge >= 0.3 is 6.03 Å². The molecule has 1 aromatic carbocycles. The number of hydrogen-bond donors (Lipinski definition) is 3. The monoisotopic (exact) mass is 320 g/mol. The molecule has 0 radical (unpaired) electrons. The topological polar surface area (TPSA) is 79.2 Å². The number of amides is 2. The first-order valence-electron chi connectivity index (χ1n) is 7.36. The first-order chi connectivity index (χ1) is 10.8. The molecule has 0 saturated carbocycles. The summed E-state index contributed by atoms with van der Waals surface area (Å²) in [7, 11) is 0. The molecule has 6 nitrogen and oxygen atoms in total. The zero-order valence-electron chi connectivity index (χ0n) is 13.4. The number of rotatable bonds is 5. The van der Waals surface area contributed by atoms with Crippen LogP contribution in [-0.4, -0.2) is 33.1 Å². The van der Waals surface area contributed by atoms with Crippen molar-refractivity contribution >= 4 is 11.7 Å². The summed E-state index contributed by atoms with van der Waals surface area (Å²) in [5, 5.41) is 19.3. The van der Waals surface area contributed by atoms with Crippen molar-refractivity contribution in [1.82, 2.24) is 15.1 Å². The first kappa shape index (κ1) is 17.0. The Hall–Kier alpha value is -2.41. The molecule has 0 aliphatic carbocycles. The third-order valence-corrected chi connectivity index (χ3v) is 3.79. The second-order valence-corrected chi connectivity index (χ2v) is 5.94. The number of carbonyl (C=O) groups excluding carboxylic acids is 1. The van der Waals surface area contributed by atoms with E-state index in [1.807, 2.05) is 13.8 Å². The number of aromatic nitrogens is 2. The molecule has 1 unspecified atom stereocenters. The lowest BCUT2D eigenvalue weighted by molar-refractivity contribution is 0.0170. The molecule has 0 aliphatic rings. The van der Waals surface area contributed by atoms with Crippen LogP contribution in [0.25, 0.3) is 5.69 Å². The van der Waals surface area contributed by atoms with Gasteiger partial charge in [0.15, 0.2) is 0 Å². The van der Waals surface area contributed by atoms with Crippen molar-refractivity contribution in [3.8, 4) is 5.69 Å². The number of nitrogens with zero attached hydrogens (tertiary/aromatic N) is 2. The van der Waals surface area contributed by atoms with Crippen LogP contribution in [0, 0.1) is 11.7 Å².